The summed E-state index contributed by atoms with van der Waals surface area (Å²) in [5.41, 5.74) is 9.33. The summed E-state index contributed by atoms with van der Waals surface area (Å²) >= 11 is 6.67. The molecule has 2 heterocycles. The van der Waals surface area contributed by atoms with Gasteiger partial charge in [0.2, 0.25) is 0 Å². The van der Waals surface area contributed by atoms with Crippen molar-refractivity contribution in [2.45, 2.75) is 13.5 Å². The van der Waals surface area contributed by atoms with Crippen molar-refractivity contribution in [2.75, 3.05) is 11.9 Å². The molecule has 1 fully saturated rings. The molecule has 1 aromatic heterocycles. The van der Waals surface area contributed by atoms with Gasteiger partial charge in [0.25, 0.3) is 0 Å². The first-order valence-corrected chi connectivity index (χ1v) is 13.0. The molecular weight excluding hydrogens is 502 g/mol. The zero-order chi connectivity index (χ0) is 27.5. The van der Waals surface area contributed by atoms with Crippen LogP contribution in [0.1, 0.15) is 22.4 Å². The normalized spacial score (nSPS) is 13.5. The van der Waals surface area contributed by atoms with Crippen LogP contribution in [-0.4, -0.2) is 18.2 Å². The van der Waals surface area contributed by atoms with Crippen molar-refractivity contribution >= 4 is 46.2 Å². The molecule has 6 heteroatoms. The largest absolute Gasteiger partial charge is 0.370 e. The third-order valence-electron chi connectivity index (χ3n) is 6.65. The molecule has 0 radical (unpaired) electrons. The Morgan fingerprint density at radius 1 is 0.923 bits per heavy atom. The highest BCUT2D eigenvalue weighted by Gasteiger charge is 2.15. The number of aryl methyl sites for hydroxylation is 1. The standard InChI is InChI=1S/C33H30ClN5/c1-21-30(22(2)37-24(4)36-21)18-25-12-16-28(17-13-25)39(5)20-26-10-14-27(15-11-26)35-19-31-23(3)38-32-9-7-6-8-29(32)33(31)34/h6-19,36-37H,1-2,4,20H2,3,5H3/b35-19+. The van der Waals surface area contributed by atoms with Crippen LogP contribution in [0.2, 0.25) is 5.02 Å². The third kappa shape index (κ3) is 5.79. The van der Waals surface area contributed by atoms with Crippen molar-refractivity contribution in [3.8, 4) is 0 Å². The van der Waals surface area contributed by atoms with E-state index in [-0.39, 0.29) is 0 Å². The zero-order valence-corrected chi connectivity index (χ0v) is 22.9. The summed E-state index contributed by atoms with van der Waals surface area (Å²) in [5.74, 6) is 0.681. The van der Waals surface area contributed by atoms with Gasteiger partial charge in [-0.1, -0.05) is 73.8 Å². The van der Waals surface area contributed by atoms with Gasteiger partial charge in [0.1, 0.15) is 5.82 Å². The van der Waals surface area contributed by atoms with Crippen molar-refractivity contribution in [1.82, 2.24) is 15.6 Å². The number of rotatable bonds is 6. The Balaban J connectivity index is 1.25. The maximum absolute atomic E-state index is 6.67. The SMILES string of the molecule is C=C1NC(=C)C(=Cc2ccc(N(C)Cc3ccc(/N=C/c4c(C)nc5ccccc5c4Cl)cc3)cc2)C(=C)N1. The van der Waals surface area contributed by atoms with E-state index in [1.165, 1.54) is 5.56 Å². The van der Waals surface area contributed by atoms with E-state index in [4.69, 9.17) is 11.6 Å². The summed E-state index contributed by atoms with van der Waals surface area (Å²) in [7, 11) is 2.08. The van der Waals surface area contributed by atoms with Crippen LogP contribution in [0, 0.1) is 6.92 Å². The molecule has 0 bridgehead atoms. The topological polar surface area (TPSA) is 52.5 Å². The minimum absolute atomic E-state index is 0.676. The number of aliphatic imine (C=N–C) groups is 1. The van der Waals surface area contributed by atoms with Crippen LogP contribution < -0.4 is 15.5 Å². The number of aromatic nitrogens is 1. The second kappa shape index (κ2) is 11.0. The number of halogens is 1. The van der Waals surface area contributed by atoms with Crippen molar-refractivity contribution in [3.63, 3.8) is 0 Å². The van der Waals surface area contributed by atoms with Gasteiger partial charge < -0.3 is 15.5 Å². The van der Waals surface area contributed by atoms with Crippen LogP contribution in [0.15, 0.2) is 120 Å². The molecule has 194 valence electrons. The predicted molar refractivity (Wildman–Crippen MR) is 165 cm³/mol. The van der Waals surface area contributed by atoms with E-state index in [0.29, 0.717) is 10.8 Å². The molecule has 1 aliphatic rings. The highest BCUT2D eigenvalue weighted by Crippen LogP contribution is 2.28. The van der Waals surface area contributed by atoms with Crippen LogP contribution >= 0.6 is 11.6 Å². The first kappa shape index (κ1) is 26.0. The minimum Gasteiger partial charge on any atom is -0.370 e. The Hall–Kier alpha value is -4.61. The number of hydrogen-bond acceptors (Lipinski definition) is 5. The molecule has 0 atom stereocenters. The first-order chi connectivity index (χ1) is 18.8. The Morgan fingerprint density at radius 2 is 1.59 bits per heavy atom. The van der Waals surface area contributed by atoms with E-state index in [1.807, 2.05) is 43.3 Å². The monoisotopic (exact) mass is 531 g/mol. The van der Waals surface area contributed by atoms with Gasteiger partial charge in [-0.15, -0.1) is 0 Å². The number of hydrogen-bond donors (Lipinski definition) is 2. The van der Waals surface area contributed by atoms with Crippen molar-refractivity contribution in [2.24, 2.45) is 4.99 Å². The number of benzene rings is 3. The minimum atomic E-state index is 0.676. The Bertz CT molecular complexity index is 1620. The summed E-state index contributed by atoms with van der Waals surface area (Å²) in [5, 5.41) is 7.83. The molecule has 1 aliphatic heterocycles. The van der Waals surface area contributed by atoms with E-state index in [2.05, 4.69) is 94.8 Å². The molecule has 4 aromatic rings. The molecule has 39 heavy (non-hydrogen) atoms. The van der Waals surface area contributed by atoms with E-state index in [0.717, 1.165) is 62.6 Å². The fourth-order valence-corrected chi connectivity index (χ4v) is 4.87. The lowest BCUT2D eigenvalue weighted by Gasteiger charge is -2.25. The van der Waals surface area contributed by atoms with E-state index in [9.17, 15) is 0 Å². The zero-order valence-electron chi connectivity index (χ0n) is 22.1. The lowest BCUT2D eigenvalue weighted by atomic mass is 10.0. The summed E-state index contributed by atoms with van der Waals surface area (Å²) in [6.45, 7) is 14.7. The maximum atomic E-state index is 6.67. The maximum Gasteiger partial charge on any atom is 0.100 e. The number of fused-ring (bicyclic) bond motifs is 1. The fraction of sp³-hybridized carbons (Fsp3) is 0.0909. The highest BCUT2D eigenvalue weighted by atomic mass is 35.5. The van der Waals surface area contributed by atoms with Crippen molar-refractivity contribution < 1.29 is 0 Å². The first-order valence-electron chi connectivity index (χ1n) is 12.6. The second-order valence-electron chi connectivity index (χ2n) is 9.56. The predicted octanol–water partition coefficient (Wildman–Crippen LogP) is 7.66. The average Bonchev–Trinajstić information content (AvgIpc) is 2.92. The Kier molecular flexibility index (Phi) is 7.35. The Labute approximate surface area is 234 Å². The smallest absolute Gasteiger partial charge is 0.100 e. The van der Waals surface area contributed by atoms with E-state index in [1.54, 1.807) is 6.21 Å². The number of nitrogens with one attached hydrogen (secondary N) is 2. The molecular formula is C33H30ClN5. The van der Waals surface area contributed by atoms with Gasteiger partial charge in [-0.25, -0.2) is 0 Å². The van der Waals surface area contributed by atoms with Gasteiger partial charge >= 0.3 is 0 Å². The lowest BCUT2D eigenvalue weighted by molar-refractivity contribution is 0.806. The van der Waals surface area contributed by atoms with Crippen LogP contribution in [0.5, 0.6) is 0 Å². The Morgan fingerprint density at radius 3 is 2.28 bits per heavy atom. The van der Waals surface area contributed by atoms with E-state index >= 15 is 0 Å². The van der Waals surface area contributed by atoms with Gasteiger partial charge in [-0.2, -0.15) is 0 Å². The molecule has 3 aromatic carbocycles. The molecule has 5 nitrogen and oxygen atoms in total. The molecule has 2 N–H and O–H groups in total. The molecule has 0 saturated carbocycles. The average molecular weight is 532 g/mol. The fourth-order valence-electron chi connectivity index (χ4n) is 4.52. The molecule has 0 aliphatic carbocycles. The van der Waals surface area contributed by atoms with Crippen LogP contribution in [0.25, 0.3) is 17.0 Å². The highest BCUT2D eigenvalue weighted by molar-refractivity contribution is 6.38. The van der Waals surface area contributed by atoms with Crippen LogP contribution in [-0.2, 0) is 6.54 Å². The molecule has 0 spiro atoms. The van der Waals surface area contributed by atoms with Gasteiger partial charge in [0.05, 0.1) is 16.2 Å². The van der Waals surface area contributed by atoms with E-state index < -0.39 is 0 Å². The molecule has 0 amide bonds. The summed E-state index contributed by atoms with van der Waals surface area (Å²) < 4.78 is 0. The number of anilines is 1. The van der Waals surface area contributed by atoms with Crippen LogP contribution in [0.4, 0.5) is 11.4 Å². The summed E-state index contributed by atoms with van der Waals surface area (Å²) in [6.07, 6.45) is 3.86. The number of para-hydroxylation sites is 1. The molecule has 0 unspecified atom stereocenters. The van der Waals surface area contributed by atoms with Crippen molar-refractivity contribution in [1.29, 1.82) is 0 Å². The van der Waals surface area contributed by atoms with Gasteiger partial charge in [-0.3, -0.25) is 9.98 Å². The molecule has 1 saturated heterocycles. The van der Waals surface area contributed by atoms with Gasteiger partial charge in [0.15, 0.2) is 0 Å². The second-order valence-corrected chi connectivity index (χ2v) is 9.94. The van der Waals surface area contributed by atoms with Crippen molar-refractivity contribution in [3.05, 3.63) is 143 Å². The van der Waals surface area contributed by atoms with Crippen LogP contribution in [0.3, 0.4) is 0 Å². The summed E-state index contributed by atoms with van der Waals surface area (Å²) in [6, 6.07) is 24.5. The van der Waals surface area contributed by atoms with Gasteiger partial charge in [-0.05, 0) is 54.5 Å². The summed E-state index contributed by atoms with van der Waals surface area (Å²) in [4.78, 5) is 11.5. The lowest BCUT2D eigenvalue weighted by Crippen LogP contribution is -2.32. The number of pyridine rings is 1. The van der Waals surface area contributed by atoms with Gasteiger partial charge in [0, 0.05) is 59.1 Å². The third-order valence-corrected chi connectivity index (χ3v) is 7.06. The molecule has 5 rings (SSSR count). The quantitative estimate of drug-likeness (QED) is 0.251. The number of nitrogens with zero attached hydrogens (tertiary/aromatic N) is 3.